The summed E-state index contributed by atoms with van der Waals surface area (Å²) >= 11 is 0. The number of likely N-dealkylation sites (N-methyl/N-ethyl adjacent to an activating group) is 1. The van der Waals surface area contributed by atoms with Crippen molar-refractivity contribution in [1.82, 2.24) is 0 Å². The molecule has 1 aliphatic heterocycles. The van der Waals surface area contributed by atoms with Crippen LogP contribution in [0.4, 0.5) is 5.69 Å². The zero-order valence-electron chi connectivity index (χ0n) is 10.3. The van der Waals surface area contributed by atoms with Gasteiger partial charge in [0.05, 0.1) is 0 Å². The molecule has 0 amide bonds. The standard InChI is InChI=1S/C15H21N/c1-3-4-5-9-14-12-11-13-8-6-7-10-15(13)16(14)2/h5-10,14H,3-4,11-12H2,1-2H3/b9-5+. The summed E-state index contributed by atoms with van der Waals surface area (Å²) in [4.78, 5) is 2.41. The van der Waals surface area contributed by atoms with Gasteiger partial charge >= 0.3 is 0 Å². The average molecular weight is 215 g/mol. The van der Waals surface area contributed by atoms with E-state index in [4.69, 9.17) is 0 Å². The molecule has 0 saturated carbocycles. The highest BCUT2D eigenvalue weighted by Gasteiger charge is 2.20. The van der Waals surface area contributed by atoms with Crippen molar-refractivity contribution in [3.63, 3.8) is 0 Å². The van der Waals surface area contributed by atoms with Gasteiger partial charge < -0.3 is 4.90 Å². The lowest BCUT2D eigenvalue weighted by atomic mass is 9.96. The Balaban J connectivity index is 2.12. The molecule has 0 aromatic heterocycles. The molecule has 0 bridgehead atoms. The smallest absolute Gasteiger partial charge is 0.0473 e. The van der Waals surface area contributed by atoms with Crippen LogP contribution in [0.2, 0.25) is 0 Å². The number of benzene rings is 1. The zero-order chi connectivity index (χ0) is 11.4. The fraction of sp³-hybridized carbons (Fsp3) is 0.467. The van der Waals surface area contributed by atoms with Gasteiger partial charge in [-0.15, -0.1) is 0 Å². The first-order valence-electron chi connectivity index (χ1n) is 6.30. The number of nitrogens with zero attached hydrogens (tertiary/aromatic N) is 1. The Hall–Kier alpha value is -1.24. The highest BCUT2D eigenvalue weighted by molar-refractivity contribution is 5.56. The average Bonchev–Trinajstić information content (AvgIpc) is 2.33. The predicted molar refractivity (Wildman–Crippen MR) is 71.0 cm³/mol. The van der Waals surface area contributed by atoms with Gasteiger partial charge in [0.25, 0.3) is 0 Å². The van der Waals surface area contributed by atoms with Crippen LogP contribution in [-0.2, 0) is 6.42 Å². The van der Waals surface area contributed by atoms with E-state index in [0.29, 0.717) is 6.04 Å². The summed E-state index contributed by atoms with van der Waals surface area (Å²) < 4.78 is 0. The van der Waals surface area contributed by atoms with E-state index in [0.717, 1.165) is 0 Å². The minimum Gasteiger partial charge on any atom is -0.368 e. The third-order valence-electron chi connectivity index (χ3n) is 3.39. The number of hydrogen-bond donors (Lipinski definition) is 0. The lowest BCUT2D eigenvalue weighted by Gasteiger charge is -2.34. The zero-order valence-corrected chi connectivity index (χ0v) is 10.3. The minimum atomic E-state index is 0.585. The highest BCUT2D eigenvalue weighted by atomic mass is 15.1. The van der Waals surface area contributed by atoms with Crippen molar-refractivity contribution in [1.29, 1.82) is 0 Å². The molecule has 1 nitrogen and oxygen atoms in total. The van der Waals surface area contributed by atoms with Gasteiger partial charge in [-0.05, 0) is 30.9 Å². The number of allylic oxidation sites excluding steroid dienone is 1. The van der Waals surface area contributed by atoms with Crippen LogP contribution in [0.1, 0.15) is 31.7 Å². The van der Waals surface area contributed by atoms with E-state index < -0.39 is 0 Å². The van der Waals surface area contributed by atoms with Gasteiger partial charge in [-0.3, -0.25) is 0 Å². The largest absolute Gasteiger partial charge is 0.368 e. The molecule has 1 aromatic rings. The monoisotopic (exact) mass is 215 g/mol. The summed E-state index contributed by atoms with van der Waals surface area (Å²) in [6, 6.07) is 9.34. The summed E-state index contributed by atoms with van der Waals surface area (Å²) in [6.45, 7) is 2.23. The summed E-state index contributed by atoms with van der Waals surface area (Å²) in [5.41, 5.74) is 2.89. The van der Waals surface area contributed by atoms with Crippen LogP contribution in [0, 0.1) is 0 Å². The molecule has 1 atom stereocenters. The van der Waals surface area contributed by atoms with Crippen molar-refractivity contribution >= 4 is 5.69 Å². The number of anilines is 1. The van der Waals surface area contributed by atoms with E-state index in [9.17, 15) is 0 Å². The topological polar surface area (TPSA) is 3.24 Å². The fourth-order valence-corrected chi connectivity index (χ4v) is 2.39. The maximum absolute atomic E-state index is 2.41. The summed E-state index contributed by atoms with van der Waals surface area (Å²) in [6.07, 6.45) is 9.60. The third kappa shape index (κ3) is 2.29. The number of fused-ring (bicyclic) bond motifs is 1. The van der Waals surface area contributed by atoms with Crippen molar-refractivity contribution in [3.8, 4) is 0 Å². The molecular formula is C15H21N. The predicted octanol–water partition coefficient (Wildman–Crippen LogP) is 3.79. The Morgan fingerprint density at radius 3 is 3.00 bits per heavy atom. The van der Waals surface area contributed by atoms with Crippen LogP contribution in [0.3, 0.4) is 0 Å². The second-order valence-corrected chi connectivity index (χ2v) is 4.56. The van der Waals surface area contributed by atoms with Crippen LogP contribution in [0.5, 0.6) is 0 Å². The molecule has 0 fully saturated rings. The molecule has 0 N–H and O–H groups in total. The van der Waals surface area contributed by atoms with Gasteiger partial charge in [0.15, 0.2) is 0 Å². The Kier molecular flexibility index (Phi) is 3.66. The van der Waals surface area contributed by atoms with Crippen LogP contribution in [0.25, 0.3) is 0 Å². The molecule has 0 radical (unpaired) electrons. The van der Waals surface area contributed by atoms with Crippen molar-refractivity contribution in [2.45, 2.75) is 38.6 Å². The van der Waals surface area contributed by atoms with Crippen LogP contribution in [-0.4, -0.2) is 13.1 Å². The first-order chi connectivity index (χ1) is 7.83. The lowest BCUT2D eigenvalue weighted by Crippen LogP contribution is -2.34. The summed E-state index contributed by atoms with van der Waals surface area (Å²) in [7, 11) is 2.21. The second kappa shape index (κ2) is 5.20. The molecule has 0 spiro atoms. The van der Waals surface area contributed by atoms with Crippen molar-refractivity contribution in [2.75, 3.05) is 11.9 Å². The number of unbranched alkanes of at least 4 members (excludes halogenated alkanes) is 1. The number of para-hydroxylation sites is 1. The maximum atomic E-state index is 2.41. The van der Waals surface area contributed by atoms with E-state index >= 15 is 0 Å². The van der Waals surface area contributed by atoms with Gasteiger partial charge in [-0.2, -0.15) is 0 Å². The Morgan fingerprint density at radius 1 is 1.38 bits per heavy atom. The molecule has 1 heterocycles. The molecule has 1 heteroatoms. The first-order valence-corrected chi connectivity index (χ1v) is 6.30. The summed E-state index contributed by atoms with van der Waals surface area (Å²) in [5.74, 6) is 0. The molecule has 1 unspecified atom stereocenters. The van der Waals surface area contributed by atoms with Crippen LogP contribution < -0.4 is 4.90 Å². The van der Waals surface area contributed by atoms with Gasteiger partial charge in [0.1, 0.15) is 0 Å². The van der Waals surface area contributed by atoms with E-state index in [2.05, 4.69) is 55.3 Å². The Labute approximate surface area is 98.8 Å². The van der Waals surface area contributed by atoms with Gasteiger partial charge in [-0.25, -0.2) is 0 Å². The highest BCUT2D eigenvalue weighted by Crippen LogP contribution is 2.29. The number of rotatable bonds is 3. The Morgan fingerprint density at radius 2 is 2.19 bits per heavy atom. The molecule has 0 aliphatic carbocycles. The Bertz CT molecular complexity index is 367. The molecule has 0 saturated heterocycles. The normalized spacial score (nSPS) is 20.1. The number of hydrogen-bond acceptors (Lipinski definition) is 1. The fourth-order valence-electron chi connectivity index (χ4n) is 2.39. The van der Waals surface area contributed by atoms with Crippen molar-refractivity contribution in [2.24, 2.45) is 0 Å². The molecule has 86 valence electrons. The van der Waals surface area contributed by atoms with E-state index in [-0.39, 0.29) is 0 Å². The first kappa shape index (κ1) is 11.3. The molecular weight excluding hydrogens is 194 g/mol. The second-order valence-electron chi connectivity index (χ2n) is 4.56. The van der Waals surface area contributed by atoms with E-state index in [1.807, 2.05) is 0 Å². The molecule has 1 aliphatic rings. The summed E-state index contributed by atoms with van der Waals surface area (Å²) in [5, 5.41) is 0. The van der Waals surface area contributed by atoms with Gasteiger partial charge in [0, 0.05) is 18.8 Å². The van der Waals surface area contributed by atoms with Crippen molar-refractivity contribution in [3.05, 3.63) is 42.0 Å². The minimum absolute atomic E-state index is 0.585. The van der Waals surface area contributed by atoms with E-state index in [1.165, 1.54) is 36.9 Å². The number of aryl methyl sites for hydroxylation is 1. The van der Waals surface area contributed by atoms with Gasteiger partial charge in [0.2, 0.25) is 0 Å². The van der Waals surface area contributed by atoms with E-state index in [1.54, 1.807) is 0 Å². The molecule has 2 rings (SSSR count). The van der Waals surface area contributed by atoms with Crippen LogP contribution in [0.15, 0.2) is 36.4 Å². The van der Waals surface area contributed by atoms with Crippen LogP contribution >= 0.6 is 0 Å². The van der Waals surface area contributed by atoms with Gasteiger partial charge in [-0.1, -0.05) is 43.7 Å². The van der Waals surface area contributed by atoms with Crippen molar-refractivity contribution < 1.29 is 0 Å². The molecule has 1 aromatic carbocycles. The molecule has 16 heavy (non-hydrogen) atoms. The SMILES string of the molecule is CCC/C=C/C1CCc2ccccc2N1C. The lowest BCUT2D eigenvalue weighted by molar-refractivity contribution is 0.642. The maximum Gasteiger partial charge on any atom is 0.0473 e. The quantitative estimate of drug-likeness (QED) is 0.693. The third-order valence-corrected chi connectivity index (χ3v) is 3.39.